The first kappa shape index (κ1) is 17.1. The quantitative estimate of drug-likeness (QED) is 0.444. The Labute approximate surface area is 130 Å². The molecule has 0 heterocycles. The fourth-order valence-corrected chi connectivity index (χ4v) is 3.86. The highest BCUT2D eigenvalue weighted by molar-refractivity contribution is 8.78. The highest BCUT2D eigenvalue weighted by Crippen LogP contribution is 2.41. The van der Waals surface area contributed by atoms with Crippen LogP contribution in [-0.4, -0.2) is 22.2 Å². The molecule has 0 aliphatic carbocycles. The number of hydrogen-bond acceptors (Lipinski definition) is 4. The molecule has 0 amide bonds. The van der Waals surface area contributed by atoms with Crippen LogP contribution in [0.15, 0.2) is 64.4 Å². The summed E-state index contributed by atoms with van der Waals surface area (Å²) in [6.07, 6.45) is 4.58. The van der Waals surface area contributed by atoms with Gasteiger partial charge in [-0.05, 0) is 25.1 Å². The predicted octanol–water partition coefficient (Wildman–Crippen LogP) is 4.23. The molecule has 2 N–H and O–H groups in total. The molecule has 0 aliphatic rings. The Morgan fingerprint density at radius 1 is 1.24 bits per heavy atom. The summed E-state index contributed by atoms with van der Waals surface area (Å²) < 4.78 is 0. The van der Waals surface area contributed by atoms with Gasteiger partial charge in [-0.2, -0.15) is 0 Å². The number of benzene rings is 1. The molecular formula is C15H14O4S2. The van der Waals surface area contributed by atoms with Gasteiger partial charge in [-0.15, -0.1) is 0 Å². The van der Waals surface area contributed by atoms with Crippen molar-refractivity contribution < 1.29 is 19.8 Å². The normalized spacial score (nSPS) is 12.0. The summed E-state index contributed by atoms with van der Waals surface area (Å²) in [6.45, 7) is 5.20. The minimum absolute atomic E-state index is 0.153. The van der Waals surface area contributed by atoms with Crippen LogP contribution in [0.25, 0.3) is 0 Å². The van der Waals surface area contributed by atoms with E-state index in [0.29, 0.717) is 9.80 Å². The Morgan fingerprint density at radius 2 is 1.90 bits per heavy atom. The van der Waals surface area contributed by atoms with Gasteiger partial charge >= 0.3 is 11.9 Å². The van der Waals surface area contributed by atoms with E-state index in [9.17, 15) is 9.59 Å². The summed E-state index contributed by atoms with van der Waals surface area (Å²) in [7, 11) is 2.39. The molecule has 0 spiro atoms. The van der Waals surface area contributed by atoms with Crippen LogP contribution in [0.5, 0.6) is 0 Å². The summed E-state index contributed by atoms with van der Waals surface area (Å²) in [5.74, 6) is -2.05. The number of rotatable bonds is 7. The van der Waals surface area contributed by atoms with Crippen molar-refractivity contribution in [1.29, 1.82) is 0 Å². The predicted molar refractivity (Wildman–Crippen MR) is 86.5 cm³/mol. The largest absolute Gasteiger partial charge is 0.478 e. The van der Waals surface area contributed by atoms with E-state index in [1.54, 1.807) is 31.2 Å². The lowest BCUT2D eigenvalue weighted by molar-refractivity contribution is -0.132. The van der Waals surface area contributed by atoms with Gasteiger partial charge in [0.25, 0.3) is 0 Å². The third kappa shape index (κ3) is 4.84. The Bertz CT molecular complexity index is 618. The molecule has 0 unspecified atom stereocenters. The number of allylic oxidation sites excluding steroid dienone is 3. The second-order valence-corrected chi connectivity index (χ2v) is 5.96. The van der Waals surface area contributed by atoms with E-state index in [-0.39, 0.29) is 11.1 Å². The molecule has 0 saturated heterocycles. The smallest absolute Gasteiger partial charge is 0.336 e. The molecule has 0 aliphatic heterocycles. The maximum atomic E-state index is 11.2. The molecule has 4 nitrogen and oxygen atoms in total. The van der Waals surface area contributed by atoms with Crippen LogP contribution in [0.2, 0.25) is 0 Å². The molecule has 0 atom stereocenters. The van der Waals surface area contributed by atoms with Gasteiger partial charge in [-0.25, -0.2) is 9.59 Å². The molecule has 0 aromatic heterocycles. The van der Waals surface area contributed by atoms with Crippen molar-refractivity contribution in [2.75, 3.05) is 0 Å². The average Bonchev–Trinajstić information content (AvgIpc) is 2.45. The van der Waals surface area contributed by atoms with Gasteiger partial charge in [-0.1, -0.05) is 52.5 Å². The highest BCUT2D eigenvalue weighted by atomic mass is 33.1. The summed E-state index contributed by atoms with van der Waals surface area (Å²) >= 11 is 0. The fraction of sp³-hybridized carbons (Fsp3) is 0.0667. The molecule has 21 heavy (non-hydrogen) atoms. The SMILES string of the molecule is C=C/C=C(SSc1ccccc1C(=O)O)\C(=C/C)C(=O)O. The van der Waals surface area contributed by atoms with Gasteiger partial charge in [0.1, 0.15) is 0 Å². The maximum absolute atomic E-state index is 11.2. The molecule has 110 valence electrons. The number of hydrogen-bond donors (Lipinski definition) is 2. The van der Waals surface area contributed by atoms with Crippen molar-refractivity contribution in [3.63, 3.8) is 0 Å². The molecule has 1 aromatic rings. The molecule has 1 aromatic carbocycles. The number of carbonyl (C=O) groups is 2. The number of carboxylic acid groups (broad SMARTS) is 2. The van der Waals surface area contributed by atoms with Gasteiger partial charge in [0.2, 0.25) is 0 Å². The van der Waals surface area contributed by atoms with E-state index in [1.807, 2.05) is 0 Å². The van der Waals surface area contributed by atoms with Gasteiger partial charge in [0.05, 0.1) is 11.1 Å². The third-order valence-corrected chi connectivity index (χ3v) is 4.87. The van der Waals surface area contributed by atoms with Crippen molar-refractivity contribution in [2.45, 2.75) is 11.8 Å². The summed E-state index contributed by atoms with van der Waals surface area (Å²) in [5, 5.41) is 18.3. The number of aromatic carboxylic acids is 1. The maximum Gasteiger partial charge on any atom is 0.336 e. The first-order valence-corrected chi connectivity index (χ1v) is 8.05. The Morgan fingerprint density at radius 3 is 2.43 bits per heavy atom. The molecule has 1 rings (SSSR count). The van der Waals surface area contributed by atoms with Crippen LogP contribution in [0.4, 0.5) is 0 Å². The molecule has 0 saturated carbocycles. The Kier molecular flexibility index (Phi) is 6.84. The highest BCUT2D eigenvalue weighted by Gasteiger charge is 2.15. The Balaban J connectivity index is 2.99. The standard InChI is InChI=1S/C15H14O4S2/c1-3-7-12(10(4-2)14(16)17)20-21-13-9-6-5-8-11(13)15(18)19/h3-9H,1H2,2H3,(H,16,17)(H,18,19)/b10-4+,12-7+. The summed E-state index contributed by atoms with van der Waals surface area (Å²) in [6, 6.07) is 6.58. The lowest BCUT2D eigenvalue weighted by atomic mass is 10.2. The van der Waals surface area contributed by atoms with Gasteiger partial charge in [-0.3, -0.25) is 0 Å². The zero-order valence-corrected chi connectivity index (χ0v) is 12.9. The first-order chi connectivity index (χ1) is 10.0. The van der Waals surface area contributed by atoms with Crippen LogP contribution < -0.4 is 0 Å². The topological polar surface area (TPSA) is 74.6 Å². The van der Waals surface area contributed by atoms with E-state index >= 15 is 0 Å². The van der Waals surface area contributed by atoms with Gasteiger partial charge in [0, 0.05) is 9.80 Å². The summed E-state index contributed by atoms with van der Waals surface area (Å²) in [4.78, 5) is 23.4. The molecule has 0 bridgehead atoms. The van der Waals surface area contributed by atoms with Crippen molar-refractivity contribution in [3.05, 3.63) is 65.1 Å². The van der Waals surface area contributed by atoms with Crippen molar-refractivity contribution in [1.82, 2.24) is 0 Å². The van der Waals surface area contributed by atoms with E-state index in [4.69, 9.17) is 10.2 Å². The molecule has 0 radical (unpaired) electrons. The van der Waals surface area contributed by atoms with Gasteiger partial charge < -0.3 is 10.2 Å². The second kappa shape index (κ2) is 8.39. The minimum atomic E-state index is -1.04. The zero-order valence-electron chi connectivity index (χ0n) is 11.3. The second-order valence-electron chi connectivity index (χ2n) is 3.74. The van der Waals surface area contributed by atoms with Crippen LogP contribution in [0.1, 0.15) is 17.3 Å². The molecule has 6 heteroatoms. The minimum Gasteiger partial charge on any atom is -0.478 e. The number of aliphatic carboxylic acids is 1. The zero-order chi connectivity index (χ0) is 15.8. The third-order valence-electron chi connectivity index (χ3n) is 2.39. The molecular weight excluding hydrogens is 308 g/mol. The Hall–Kier alpha value is -1.92. The van der Waals surface area contributed by atoms with E-state index in [0.717, 1.165) is 0 Å². The fourth-order valence-electron chi connectivity index (χ4n) is 1.45. The van der Waals surface area contributed by atoms with Crippen LogP contribution in [0.3, 0.4) is 0 Å². The first-order valence-electron chi connectivity index (χ1n) is 5.90. The van der Waals surface area contributed by atoms with Crippen molar-refractivity contribution >= 4 is 33.5 Å². The summed E-state index contributed by atoms with van der Waals surface area (Å²) in [5.41, 5.74) is 0.338. The van der Waals surface area contributed by atoms with Crippen molar-refractivity contribution in [2.24, 2.45) is 0 Å². The van der Waals surface area contributed by atoms with E-state index in [2.05, 4.69) is 6.58 Å². The van der Waals surface area contributed by atoms with Crippen LogP contribution in [-0.2, 0) is 4.79 Å². The van der Waals surface area contributed by atoms with Crippen molar-refractivity contribution in [3.8, 4) is 0 Å². The van der Waals surface area contributed by atoms with Gasteiger partial charge in [0.15, 0.2) is 0 Å². The van der Waals surface area contributed by atoms with Crippen LogP contribution in [0, 0.1) is 0 Å². The average molecular weight is 322 g/mol. The number of carboxylic acids is 2. The van der Waals surface area contributed by atoms with E-state index < -0.39 is 11.9 Å². The molecule has 0 fully saturated rings. The van der Waals surface area contributed by atoms with E-state index in [1.165, 1.54) is 39.8 Å². The van der Waals surface area contributed by atoms with Crippen LogP contribution >= 0.6 is 21.6 Å². The lowest BCUT2D eigenvalue weighted by Gasteiger charge is -2.08. The lowest BCUT2D eigenvalue weighted by Crippen LogP contribution is -2.01. The monoisotopic (exact) mass is 322 g/mol.